The molecule has 0 aliphatic rings. The molecular weight excluding hydrogens is 316 g/mol. The SMILES string of the molecule is CCOc1cccc([C@@H](C)NC(=O)NCc2ccc(N(C)C)nc2)c1. The number of hydrogen-bond acceptors (Lipinski definition) is 4. The van der Waals surface area contributed by atoms with Gasteiger partial charge in [-0.1, -0.05) is 18.2 Å². The van der Waals surface area contributed by atoms with Gasteiger partial charge in [0.25, 0.3) is 0 Å². The second-order valence-electron chi connectivity index (χ2n) is 5.97. The maximum absolute atomic E-state index is 12.1. The largest absolute Gasteiger partial charge is 0.494 e. The molecule has 6 heteroatoms. The molecule has 2 rings (SSSR count). The number of carbonyl (C=O) groups excluding carboxylic acids is 1. The van der Waals surface area contributed by atoms with Crippen LogP contribution in [-0.4, -0.2) is 31.7 Å². The summed E-state index contributed by atoms with van der Waals surface area (Å²) in [5.74, 6) is 1.69. The molecule has 1 aromatic carbocycles. The lowest BCUT2D eigenvalue weighted by molar-refractivity contribution is 0.237. The van der Waals surface area contributed by atoms with E-state index < -0.39 is 0 Å². The van der Waals surface area contributed by atoms with Crippen molar-refractivity contribution in [2.75, 3.05) is 25.6 Å². The third-order valence-electron chi connectivity index (χ3n) is 3.74. The van der Waals surface area contributed by atoms with Crippen LogP contribution in [0.3, 0.4) is 0 Å². The number of rotatable bonds is 7. The van der Waals surface area contributed by atoms with Gasteiger partial charge in [0.15, 0.2) is 0 Å². The van der Waals surface area contributed by atoms with Crippen molar-refractivity contribution < 1.29 is 9.53 Å². The molecule has 25 heavy (non-hydrogen) atoms. The number of nitrogens with one attached hydrogen (secondary N) is 2. The second kappa shape index (κ2) is 8.92. The summed E-state index contributed by atoms with van der Waals surface area (Å²) in [5.41, 5.74) is 1.95. The standard InChI is InChI=1S/C19H26N4O2/c1-5-25-17-8-6-7-16(11-17)14(2)22-19(24)21-13-15-9-10-18(20-12-15)23(3)4/h6-12,14H,5,13H2,1-4H3,(H2,21,22,24)/t14-/m1/s1. The van der Waals surface area contributed by atoms with E-state index in [1.807, 2.05) is 69.2 Å². The van der Waals surface area contributed by atoms with Crippen LogP contribution in [-0.2, 0) is 6.54 Å². The Morgan fingerprint density at radius 3 is 2.72 bits per heavy atom. The van der Waals surface area contributed by atoms with Crippen molar-refractivity contribution in [3.05, 3.63) is 53.7 Å². The molecule has 134 valence electrons. The monoisotopic (exact) mass is 342 g/mol. The van der Waals surface area contributed by atoms with Crippen LogP contribution in [0.25, 0.3) is 0 Å². The van der Waals surface area contributed by atoms with Crippen molar-refractivity contribution in [2.45, 2.75) is 26.4 Å². The topological polar surface area (TPSA) is 66.5 Å². The molecule has 0 radical (unpaired) electrons. The van der Waals surface area contributed by atoms with Gasteiger partial charge in [-0.25, -0.2) is 9.78 Å². The average molecular weight is 342 g/mol. The Kier molecular flexibility index (Phi) is 6.62. The van der Waals surface area contributed by atoms with E-state index >= 15 is 0 Å². The number of anilines is 1. The highest BCUT2D eigenvalue weighted by Gasteiger charge is 2.10. The Labute approximate surface area is 149 Å². The lowest BCUT2D eigenvalue weighted by Crippen LogP contribution is -2.36. The number of hydrogen-bond donors (Lipinski definition) is 2. The van der Waals surface area contributed by atoms with Crippen LogP contribution >= 0.6 is 0 Å². The molecule has 6 nitrogen and oxygen atoms in total. The summed E-state index contributed by atoms with van der Waals surface area (Å²) < 4.78 is 5.49. The molecule has 0 saturated heterocycles. The van der Waals surface area contributed by atoms with E-state index in [0.717, 1.165) is 22.7 Å². The lowest BCUT2D eigenvalue weighted by atomic mass is 10.1. The second-order valence-corrected chi connectivity index (χ2v) is 5.97. The molecule has 2 amide bonds. The summed E-state index contributed by atoms with van der Waals surface area (Å²) in [5, 5.41) is 5.78. The molecule has 1 heterocycles. The Bertz CT molecular complexity index is 686. The van der Waals surface area contributed by atoms with Crippen molar-refractivity contribution in [2.24, 2.45) is 0 Å². The van der Waals surface area contributed by atoms with E-state index in [1.54, 1.807) is 6.20 Å². The van der Waals surface area contributed by atoms with Gasteiger partial charge in [0.1, 0.15) is 11.6 Å². The first-order chi connectivity index (χ1) is 12.0. The molecule has 1 aromatic heterocycles. The van der Waals surface area contributed by atoms with E-state index in [1.165, 1.54) is 0 Å². The van der Waals surface area contributed by atoms with Crippen molar-refractivity contribution in [3.63, 3.8) is 0 Å². The Morgan fingerprint density at radius 1 is 1.28 bits per heavy atom. The van der Waals surface area contributed by atoms with Crippen LogP contribution in [0, 0.1) is 0 Å². The molecule has 2 N–H and O–H groups in total. The van der Waals surface area contributed by atoms with E-state index in [0.29, 0.717) is 13.2 Å². The van der Waals surface area contributed by atoms with Crippen molar-refractivity contribution in [3.8, 4) is 5.75 Å². The van der Waals surface area contributed by atoms with Gasteiger partial charge in [-0.05, 0) is 43.2 Å². The predicted octanol–water partition coefficient (Wildman–Crippen LogP) is 3.11. The highest BCUT2D eigenvalue weighted by Crippen LogP contribution is 2.19. The molecule has 0 aliphatic carbocycles. The quantitative estimate of drug-likeness (QED) is 0.811. The van der Waals surface area contributed by atoms with Gasteiger partial charge in [-0.15, -0.1) is 0 Å². The maximum Gasteiger partial charge on any atom is 0.315 e. The van der Waals surface area contributed by atoms with Crippen molar-refractivity contribution in [1.82, 2.24) is 15.6 Å². The Hall–Kier alpha value is -2.76. The number of amides is 2. The van der Waals surface area contributed by atoms with E-state index in [4.69, 9.17) is 4.74 Å². The molecule has 0 fully saturated rings. The fourth-order valence-corrected chi connectivity index (χ4v) is 2.34. The first kappa shape index (κ1) is 18.6. The Morgan fingerprint density at radius 2 is 2.08 bits per heavy atom. The van der Waals surface area contributed by atoms with Crippen LogP contribution in [0.5, 0.6) is 5.75 Å². The van der Waals surface area contributed by atoms with Crippen molar-refractivity contribution in [1.29, 1.82) is 0 Å². The fourth-order valence-electron chi connectivity index (χ4n) is 2.34. The van der Waals surface area contributed by atoms with E-state index in [2.05, 4.69) is 15.6 Å². The zero-order valence-corrected chi connectivity index (χ0v) is 15.2. The number of aromatic nitrogens is 1. The smallest absolute Gasteiger partial charge is 0.315 e. The lowest BCUT2D eigenvalue weighted by Gasteiger charge is -2.16. The van der Waals surface area contributed by atoms with Crippen LogP contribution in [0.4, 0.5) is 10.6 Å². The number of carbonyl (C=O) groups is 1. The van der Waals surface area contributed by atoms with Gasteiger partial charge < -0.3 is 20.3 Å². The summed E-state index contributed by atoms with van der Waals surface area (Å²) in [6.07, 6.45) is 1.77. The normalized spacial score (nSPS) is 11.5. The molecule has 0 aliphatic heterocycles. The zero-order chi connectivity index (χ0) is 18.2. The number of benzene rings is 1. The Balaban J connectivity index is 1.86. The van der Waals surface area contributed by atoms with Gasteiger partial charge in [-0.2, -0.15) is 0 Å². The number of urea groups is 1. The van der Waals surface area contributed by atoms with Crippen LogP contribution in [0.2, 0.25) is 0 Å². The molecule has 0 saturated carbocycles. The molecule has 0 unspecified atom stereocenters. The van der Waals surface area contributed by atoms with Gasteiger partial charge >= 0.3 is 6.03 Å². The zero-order valence-electron chi connectivity index (χ0n) is 15.2. The first-order valence-corrected chi connectivity index (χ1v) is 8.39. The molecule has 0 spiro atoms. The van der Waals surface area contributed by atoms with Crippen LogP contribution in [0.15, 0.2) is 42.6 Å². The van der Waals surface area contributed by atoms with E-state index in [9.17, 15) is 4.79 Å². The summed E-state index contributed by atoms with van der Waals surface area (Å²) in [6.45, 7) is 4.93. The third-order valence-corrected chi connectivity index (χ3v) is 3.74. The minimum absolute atomic E-state index is 0.116. The maximum atomic E-state index is 12.1. The van der Waals surface area contributed by atoms with Crippen molar-refractivity contribution >= 4 is 11.8 Å². The average Bonchev–Trinajstić information content (AvgIpc) is 2.61. The summed E-state index contributed by atoms with van der Waals surface area (Å²) >= 11 is 0. The van der Waals surface area contributed by atoms with Gasteiger partial charge in [0.2, 0.25) is 0 Å². The number of nitrogens with zero attached hydrogens (tertiary/aromatic N) is 2. The van der Waals surface area contributed by atoms with Gasteiger partial charge in [-0.3, -0.25) is 0 Å². The highest BCUT2D eigenvalue weighted by atomic mass is 16.5. The first-order valence-electron chi connectivity index (χ1n) is 8.39. The number of pyridine rings is 1. The van der Waals surface area contributed by atoms with Gasteiger partial charge in [0, 0.05) is 26.8 Å². The minimum atomic E-state index is -0.217. The fraction of sp³-hybridized carbons (Fsp3) is 0.368. The van der Waals surface area contributed by atoms with Gasteiger partial charge in [0.05, 0.1) is 12.6 Å². The van der Waals surface area contributed by atoms with E-state index in [-0.39, 0.29) is 12.1 Å². The van der Waals surface area contributed by atoms with Crippen LogP contribution < -0.4 is 20.3 Å². The molecular formula is C19H26N4O2. The summed E-state index contributed by atoms with van der Waals surface area (Å²) in [7, 11) is 3.88. The molecule has 1 atom stereocenters. The molecule has 2 aromatic rings. The summed E-state index contributed by atoms with van der Waals surface area (Å²) in [4.78, 5) is 18.4. The minimum Gasteiger partial charge on any atom is -0.494 e. The third kappa shape index (κ3) is 5.67. The highest BCUT2D eigenvalue weighted by molar-refractivity contribution is 5.74. The van der Waals surface area contributed by atoms with Crippen LogP contribution in [0.1, 0.15) is 31.0 Å². The molecule has 0 bridgehead atoms. The summed E-state index contributed by atoms with van der Waals surface area (Å²) in [6, 6.07) is 11.3. The predicted molar refractivity (Wildman–Crippen MR) is 100.0 cm³/mol. The number of ether oxygens (including phenoxy) is 1.